The lowest BCUT2D eigenvalue weighted by Crippen LogP contribution is -2.28. The highest BCUT2D eigenvalue weighted by Gasteiger charge is 2.25. The number of H-pyrrole nitrogens is 1. The number of carbonyl (C=O) groups is 1. The first-order chi connectivity index (χ1) is 16.5. The molecule has 0 saturated heterocycles. The van der Waals surface area contributed by atoms with Gasteiger partial charge in [-0.25, -0.2) is 0 Å². The second-order valence-electron chi connectivity index (χ2n) is 8.90. The lowest BCUT2D eigenvalue weighted by atomic mass is 9.97. The Morgan fingerprint density at radius 1 is 1.29 bits per heavy atom. The summed E-state index contributed by atoms with van der Waals surface area (Å²) in [6.45, 7) is 5.57. The summed E-state index contributed by atoms with van der Waals surface area (Å²) in [6, 6.07) is 9.72. The van der Waals surface area contributed by atoms with Gasteiger partial charge in [0.2, 0.25) is 0 Å². The molecule has 1 aliphatic rings. The summed E-state index contributed by atoms with van der Waals surface area (Å²) in [5.74, 6) is 1.68. The Labute approximate surface area is 196 Å². The molecule has 9 heteroatoms. The number of ether oxygens (including phenoxy) is 1. The third-order valence-electron chi connectivity index (χ3n) is 6.72. The maximum atomic E-state index is 13.4. The highest BCUT2D eigenvalue weighted by atomic mass is 16.5. The van der Waals surface area contributed by atoms with E-state index in [1.54, 1.807) is 19.3 Å². The lowest BCUT2D eigenvalue weighted by Gasteiger charge is -2.24. The molecule has 176 valence electrons. The number of aryl methyl sites for hydroxylation is 2. The van der Waals surface area contributed by atoms with Gasteiger partial charge in [0.15, 0.2) is 0 Å². The van der Waals surface area contributed by atoms with E-state index < -0.39 is 0 Å². The number of amides is 1. The van der Waals surface area contributed by atoms with E-state index in [1.807, 2.05) is 25.1 Å². The third-order valence-corrected chi connectivity index (χ3v) is 6.72. The van der Waals surface area contributed by atoms with Crippen LogP contribution >= 0.6 is 0 Å². The molecule has 2 N–H and O–H groups in total. The fourth-order valence-electron chi connectivity index (χ4n) is 4.97. The summed E-state index contributed by atoms with van der Waals surface area (Å²) in [4.78, 5) is 28.6. The Kier molecular flexibility index (Phi) is 5.69. The van der Waals surface area contributed by atoms with Crippen molar-refractivity contribution < 1.29 is 9.53 Å². The van der Waals surface area contributed by atoms with Crippen molar-refractivity contribution in [3.05, 3.63) is 75.4 Å². The van der Waals surface area contributed by atoms with Crippen molar-refractivity contribution in [1.82, 2.24) is 29.6 Å². The molecule has 0 spiro atoms. The number of methoxy groups -OCH3 is 1. The van der Waals surface area contributed by atoms with Crippen molar-refractivity contribution in [3.8, 4) is 5.75 Å². The largest absolute Gasteiger partial charge is 0.496 e. The monoisotopic (exact) mass is 460 g/mol. The zero-order valence-electron chi connectivity index (χ0n) is 19.6. The number of aromatic nitrogens is 5. The number of hydrogen-bond acceptors (Lipinski definition) is 5. The van der Waals surface area contributed by atoms with Crippen LogP contribution in [0.25, 0.3) is 10.9 Å². The van der Waals surface area contributed by atoms with Crippen LogP contribution < -0.4 is 15.6 Å². The molecule has 3 aromatic heterocycles. The van der Waals surface area contributed by atoms with Gasteiger partial charge in [-0.05, 0) is 38.3 Å². The van der Waals surface area contributed by atoms with Gasteiger partial charge in [0.05, 0.1) is 24.8 Å². The average molecular weight is 461 g/mol. The first-order valence-electron chi connectivity index (χ1n) is 11.5. The van der Waals surface area contributed by atoms with Crippen LogP contribution in [0.15, 0.2) is 41.5 Å². The van der Waals surface area contributed by atoms with Crippen LogP contribution in [0, 0.1) is 19.8 Å². The molecular formula is C25H28N6O3. The van der Waals surface area contributed by atoms with Gasteiger partial charge < -0.3 is 24.2 Å². The molecule has 34 heavy (non-hydrogen) atoms. The van der Waals surface area contributed by atoms with Gasteiger partial charge in [0.1, 0.15) is 17.9 Å². The molecule has 0 radical (unpaired) electrons. The van der Waals surface area contributed by atoms with Gasteiger partial charge >= 0.3 is 0 Å². The number of fused-ring (bicyclic) bond motifs is 2. The summed E-state index contributed by atoms with van der Waals surface area (Å²) in [5, 5.41) is 12.1. The smallest absolute Gasteiger partial charge is 0.256 e. The SMILES string of the molecule is COc1cc(C)[nH]c(=O)c1CNC(=O)c1c(C)n(CC2CCn3cnnc3C2)c2ccccc12. The number of aromatic amines is 1. The van der Waals surface area contributed by atoms with Crippen LogP contribution in [0.3, 0.4) is 0 Å². The van der Waals surface area contributed by atoms with E-state index in [2.05, 4.69) is 35.7 Å². The summed E-state index contributed by atoms with van der Waals surface area (Å²) < 4.78 is 9.70. The second kappa shape index (κ2) is 8.81. The van der Waals surface area contributed by atoms with Crippen LogP contribution in [0.1, 0.15) is 39.6 Å². The van der Waals surface area contributed by atoms with Gasteiger partial charge in [-0.1, -0.05) is 18.2 Å². The van der Waals surface area contributed by atoms with E-state index >= 15 is 0 Å². The Morgan fingerprint density at radius 2 is 2.12 bits per heavy atom. The molecule has 1 atom stereocenters. The summed E-state index contributed by atoms with van der Waals surface area (Å²) in [6.07, 6.45) is 3.69. The predicted molar refractivity (Wildman–Crippen MR) is 128 cm³/mol. The number of para-hydroxylation sites is 1. The van der Waals surface area contributed by atoms with Gasteiger partial charge in [-0.2, -0.15) is 0 Å². The standard InChI is InChI=1S/C25H28N6O3/c1-15-10-21(34-3)19(24(32)28-15)12-26-25(33)23-16(2)31(20-7-5-4-6-18(20)23)13-17-8-9-30-14-27-29-22(30)11-17/h4-7,10,14,17H,8-9,11-13H2,1-3H3,(H,26,33)(H,28,32). The first-order valence-corrected chi connectivity index (χ1v) is 11.5. The van der Waals surface area contributed by atoms with E-state index in [0.717, 1.165) is 48.4 Å². The van der Waals surface area contributed by atoms with Crippen LogP contribution in [0.2, 0.25) is 0 Å². The van der Waals surface area contributed by atoms with Crippen LogP contribution in [-0.2, 0) is 26.1 Å². The van der Waals surface area contributed by atoms with E-state index in [-0.39, 0.29) is 18.0 Å². The Morgan fingerprint density at radius 3 is 2.94 bits per heavy atom. The Bertz CT molecular complexity index is 1430. The summed E-state index contributed by atoms with van der Waals surface area (Å²) >= 11 is 0. The Balaban J connectivity index is 1.43. The number of nitrogens with one attached hydrogen (secondary N) is 2. The topological polar surface area (TPSA) is 107 Å². The first kappa shape index (κ1) is 21.9. The summed E-state index contributed by atoms with van der Waals surface area (Å²) in [7, 11) is 1.52. The summed E-state index contributed by atoms with van der Waals surface area (Å²) in [5.41, 5.74) is 3.42. The van der Waals surface area contributed by atoms with Crippen molar-refractivity contribution >= 4 is 16.8 Å². The Hall–Kier alpha value is -3.88. The quantitative estimate of drug-likeness (QED) is 0.460. The molecule has 1 unspecified atom stereocenters. The predicted octanol–water partition coefficient (Wildman–Crippen LogP) is 2.74. The average Bonchev–Trinajstić information content (AvgIpc) is 3.40. The number of hydrogen-bond donors (Lipinski definition) is 2. The maximum absolute atomic E-state index is 13.4. The fraction of sp³-hybridized carbons (Fsp3) is 0.360. The van der Waals surface area contributed by atoms with Crippen LogP contribution in [0.5, 0.6) is 5.75 Å². The zero-order chi connectivity index (χ0) is 23.8. The minimum absolute atomic E-state index is 0.0782. The van der Waals surface area contributed by atoms with Gasteiger partial charge in [-0.15, -0.1) is 10.2 Å². The van der Waals surface area contributed by atoms with Gasteiger partial charge in [-0.3, -0.25) is 9.59 Å². The molecule has 1 aromatic carbocycles. The maximum Gasteiger partial charge on any atom is 0.256 e. The lowest BCUT2D eigenvalue weighted by molar-refractivity contribution is 0.0951. The van der Waals surface area contributed by atoms with Gasteiger partial charge in [0, 0.05) is 41.8 Å². The van der Waals surface area contributed by atoms with E-state index in [9.17, 15) is 9.59 Å². The van der Waals surface area contributed by atoms with Crippen molar-refractivity contribution in [1.29, 1.82) is 0 Å². The molecule has 4 aromatic rings. The normalized spacial score (nSPS) is 15.3. The number of carbonyl (C=O) groups excluding carboxylic acids is 1. The molecule has 1 aliphatic heterocycles. The molecule has 0 bridgehead atoms. The van der Waals surface area contributed by atoms with Crippen molar-refractivity contribution in [3.63, 3.8) is 0 Å². The highest BCUT2D eigenvalue weighted by Crippen LogP contribution is 2.29. The zero-order valence-corrected chi connectivity index (χ0v) is 19.6. The van der Waals surface area contributed by atoms with Crippen LogP contribution in [0.4, 0.5) is 0 Å². The van der Waals surface area contributed by atoms with E-state index in [4.69, 9.17) is 4.74 Å². The minimum atomic E-state index is -0.263. The number of pyridine rings is 1. The fourth-order valence-corrected chi connectivity index (χ4v) is 4.97. The third kappa shape index (κ3) is 3.87. The molecule has 9 nitrogen and oxygen atoms in total. The molecule has 0 aliphatic carbocycles. The number of nitrogens with zero attached hydrogens (tertiary/aromatic N) is 4. The van der Waals surface area contributed by atoms with Crippen molar-refractivity contribution in [2.45, 2.75) is 46.3 Å². The van der Waals surface area contributed by atoms with E-state index in [1.165, 1.54) is 7.11 Å². The van der Waals surface area contributed by atoms with Crippen molar-refractivity contribution in [2.24, 2.45) is 5.92 Å². The van der Waals surface area contributed by atoms with E-state index in [0.29, 0.717) is 28.5 Å². The molecule has 0 fully saturated rings. The van der Waals surface area contributed by atoms with Crippen molar-refractivity contribution in [2.75, 3.05) is 7.11 Å². The molecule has 5 rings (SSSR count). The molecule has 4 heterocycles. The molecule has 1 amide bonds. The number of benzene rings is 1. The molecule has 0 saturated carbocycles. The highest BCUT2D eigenvalue weighted by molar-refractivity contribution is 6.08. The minimum Gasteiger partial charge on any atom is -0.496 e. The number of rotatable bonds is 6. The van der Waals surface area contributed by atoms with Crippen LogP contribution in [-0.4, -0.2) is 37.3 Å². The van der Waals surface area contributed by atoms with Gasteiger partial charge in [0.25, 0.3) is 11.5 Å². The second-order valence-corrected chi connectivity index (χ2v) is 8.90. The molecular weight excluding hydrogens is 432 g/mol.